The maximum Gasteiger partial charge on any atom is 0.309 e. The number of halogens is 1. The number of likely N-dealkylation sites (tertiary alicyclic amines) is 1. The molecule has 2 unspecified atom stereocenters. The maximum absolute atomic E-state index is 13.3. The molecule has 0 bridgehead atoms. The number of H-pyrrole nitrogens is 1. The van der Waals surface area contributed by atoms with Crippen molar-refractivity contribution in [3.63, 3.8) is 0 Å². The Bertz CT molecular complexity index is 817. The van der Waals surface area contributed by atoms with E-state index in [-0.39, 0.29) is 30.2 Å². The van der Waals surface area contributed by atoms with Gasteiger partial charge >= 0.3 is 5.97 Å². The van der Waals surface area contributed by atoms with Crippen molar-refractivity contribution < 1.29 is 19.1 Å². The molecular formula is C19H24FN3O3. The van der Waals surface area contributed by atoms with Crippen LogP contribution in [0, 0.1) is 11.7 Å². The Morgan fingerprint density at radius 1 is 1.42 bits per heavy atom. The Hall–Kier alpha value is -2.41. The van der Waals surface area contributed by atoms with Gasteiger partial charge in [0.1, 0.15) is 5.82 Å². The van der Waals surface area contributed by atoms with Crippen LogP contribution in [0.3, 0.4) is 0 Å². The molecule has 1 fully saturated rings. The van der Waals surface area contributed by atoms with Crippen LogP contribution in [0.2, 0.25) is 0 Å². The lowest BCUT2D eigenvalue weighted by molar-refractivity contribution is -0.145. The van der Waals surface area contributed by atoms with Gasteiger partial charge in [-0.05, 0) is 44.0 Å². The number of nitrogens with one attached hydrogen (secondary N) is 2. The molecule has 1 aromatic carbocycles. The predicted molar refractivity (Wildman–Crippen MR) is 96.3 cm³/mol. The molecular weight excluding hydrogens is 337 g/mol. The highest BCUT2D eigenvalue weighted by atomic mass is 19.1. The van der Waals surface area contributed by atoms with Gasteiger partial charge in [-0.2, -0.15) is 0 Å². The van der Waals surface area contributed by atoms with Gasteiger partial charge in [-0.3, -0.25) is 14.5 Å². The third-order valence-electron chi connectivity index (χ3n) is 5.12. The number of aromatic nitrogens is 1. The smallest absolute Gasteiger partial charge is 0.309 e. The molecule has 3 rings (SSSR count). The van der Waals surface area contributed by atoms with Gasteiger partial charge in [-0.1, -0.05) is 0 Å². The zero-order valence-electron chi connectivity index (χ0n) is 15.0. The lowest BCUT2D eigenvalue weighted by Crippen LogP contribution is -2.55. The number of hydrogen-bond acceptors (Lipinski definition) is 3. The number of aliphatic carboxylic acids is 1. The maximum atomic E-state index is 13.3. The average molecular weight is 361 g/mol. The van der Waals surface area contributed by atoms with E-state index in [1.165, 1.54) is 12.1 Å². The highest BCUT2D eigenvalue weighted by Gasteiger charge is 2.35. The highest BCUT2D eigenvalue weighted by Crippen LogP contribution is 2.22. The highest BCUT2D eigenvalue weighted by molar-refractivity contribution is 5.89. The molecule has 6 nitrogen and oxygen atoms in total. The van der Waals surface area contributed by atoms with E-state index in [1.54, 1.807) is 12.3 Å². The fourth-order valence-electron chi connectivity index (χ4n) is 3.60. The van der Waals surface area contributed by atoms with Crippen LogP contribution in [-0.2, 0) is 16.0 Å². The summed E-state index contributed by atoms with van der Waals surface area (Å²) in [5.74, 6) is -2.06. The van der Waals surface area contributed by atoms with E-state index < -0.39 is 11.9 Å². The second-order valence-corrected chi connectivity index (χ2v) is 7.18. The first-order valence-corrected chi connectivity index (χ1v) is 8.87. The first kappa shape index (κ1) is 18.4. The number of carboxylic acid groups (broad SMARTS) is 1. The Kier molecular flexibility index (Phi) is 5.27. The van der Waals surface area contributed by atoms with Crippen LogP contribution < -0.4 is 5.32 Å². The summed E-state index contributed by atoms with van der Waals surface area (Å²) >= 11 is 0. The standard InChI is InChI=1S/C19H24FN3O3/c1-11(2)23-6-5-16(15(10-23)19(25)26)22-18(24)7-12-9-21-17-8-13(20)3-4-14(12)17/h3-4,8-9,11,15-16,21H,5-7,10H2,1-2H3,(H,22,24)(H,25,26). The Morgan fingerprint density at radius 2 is 2.19 bits per heavy atom. The number of nitrogens with zero attached hydrogens (tertiary/aromatic N) is 1. The van der Waals surface area contributed by atoms with Gasteiger partial charge < -0.3 is 15.4 Å². The summed E-state index contributed by atoms with van der Waals surface area (Å²) in [5, 5.41) is 13.2. The van der Waals surface area contributed by atoms with Crippen LogP contribution in [0.15, 0.2) is 24.4 Å². The summed E-state index contributed by atoms with van der Waals surface area (Å²) in [7, 11) is 0. The number of carbonyl (C=O) groups is 2. The normalized spacial score (nSPS) is 21.2. The molecule has 0 saturated carbocycles. The number of piperidine rings is 1. The predicted octanol–water partition coefficient (Wildman–Crippen LogP) is 2.15. The number of rotatable bonds is 5. The van der Waals surface area contributed by atoms with Gasteiger partial charge in [0.25, 0.3) is 0 Å². The Balaban J connectivity index is 1.67. The van der Waals surface area contributed by atoms with Gasteiger partial charge in [0.15, 0.2) is 0 Å². The van der Waals surface area contributed by atoms with Crippen molar-refractivity contribution >= 4 is 22.8 Å². The van der Waals surface area contributed by atoms with Gasteiger partial charge in [0.2, 0.25) is 5.91 Å². The van der Waals surface area contributed by atoms with Crippen LogP contribution in [-0.4, -0.2) is 52.0 Å². The lowest BCUT2D eigenvalue weighted by Gasteiger charge is -2.38. The van der Waals surface area contributed by atoms with Crippen LogP contribution >= 0.6 is 0 Å². The van der Waals surface area contributed by atoms with Crippen molar-refractivity contribution in [2.24, 2.45) is 5.92 Å². The van der Waals surface area contributed by atoms with E-state index in [2.05, 4.69) is 15.2 Å². The minimum absolute atomic E-state index is 0.127. The quantitative estimate of drug-likeness (QED) is 0.762. The second-order valence-electron chi connectivity index (χ2n) is 7.18. The van der Waals surface area contributed by atoms with Crippen molar-refractivity contribution in [1.82, 2.24) is 15.2 Å². The molecule has 3 N–H and O–H groups in total. The van der Waals surface area contributed by atoms with Crippen molar-refractivity contribution in [1.29, 1.82) is 0 Å². The molecule has 26 heavy (non-hydrogen) atoms. The number of hydrogen-bond donors (Lipinski definition) is 3. The molecule has 1 amide bonds. The molecule has 1 saturated heterocycles. The van der Waals surface area contributed by atoms with E-state index in [9.17, 15) is 19.1 Å². The van der Waals surface area contributed by atoms with Crippen molar-refractivity contribution in [3.8, 4) is 0 Å². The lowest BCUT2D eigenvalue weighted by atomic mass is 9.91. The summed E-state index contributed by atoms with van der Waals surface area (Å²) in [6, 6.07) is 4.29. The van der Waals surface area contributed by atoms with E-state index >= 15 is 0 Å². The number of fused-ring (bicyclic) bond motifs is 1. The van der Waals surface area contributed by atoms with Crippen LogP contribution in [0.1, 0.15) is 25.8 Å². The topological polar surface area (TPSA) is 85.4 Å². The fraction of sp³-hybridized carbons (Fsp3) is 0.474. The number of carboxylic acids is 1. The third kappa shape index (κ3) is 3.88. The molecule has 1 aliphatic heterocycles. The molecule has 0 radical (unpaired) electrons. The first-order chi connectivity index (χ1) is 12.3. The minimum Gasteiger partial charge on any atom is -0.481 e. The minimum atomic E-state index is -0.886. The molecule has 0 spiro atoms. The molecule has 7 heteroatoms. The zero-order chi connectivity index (χ0) is 18.8. The average Bonchev–Trinajstić information content (AvgIpc) is 2.96. The van der Waals surface area contributed by atoms with E-state index in [4.69, 9.17) is 0 Å². The summed E-state index contributed by atoms with van der Waals surface area (Å²) in [6.07, 6.45) is 2.43. The molecule has 1 aromatic heterocycles. The van der Waals surface area contributed by atoms with Crippen molar-refractivity contribution in [2.75, 3.05) is 13.1 Å². The third-order valence-corrected chi connectivity index (χ3v) is 5.12. The Morgan fingerprint density at radius 3 is 2.88 bits per heavy atom. The summed E-state index contributed by atoms with van der Waals surface area (Å²) in [6.45, 7) is 5.28. The molecule has 1 aliphatic rings. The van der Waals surface area contributed by atoms with E-state index in [0.29, 0.717) is 18.5 Å². The molecule has 2 heterocycles. The molecule has 2 aromatic rings. The van der Waals surface area contributed by atoms with Gasteiger partial charge in [0.05, 0.1) is 12.3 Å². The van der Waals surface area contributed by atoms with Crippen LogP contribution in [0.4, 0.5) is 4.39 Å². The monoisotopic (exact) mass is 361 g/mol. The van der Waals surface area contributed by atoms with Crippen molar-refractivity contribution in [2.45, 2.75) is 38.8 Å². The summed E-state index contributed by atoms with van der Waals surface area (Å²) in [5.41, 5.74) is 1.41. The summed E-state index contributed by atoms with van der Waals surface area (Å²) < 4.78 is 13.3. The van der Waals surface area contributed by atoms with Crippen molar-refractivity contribution in [3.05, 3.63) is 35.8 Å². The SMILES string of the molecule is CC(C)N1CCC(NC(=O)Cc2c[nH]c3cc(F)ccc23)C(C(=O)O)C1. The number of aromatic amines is 1. The number of amides is 1. The van der Waals surface area contributed by atoms with E-state index in [0.717, 1.165) is 17.5 Å². The van der Waals surface area contributed by atoms with Gasteiger partial charge in [-0.25, -0.2) is 4.39 Å². The summed E-state index contributed by atoms with van der Waals surface area (Å²) in [4.78, 5) is 29.2. The molecule has 140 valence electrons. The van der Waals surface area contributed by atoms with Gasteiger partial charge in [0, 0.05) is 42.3 Å². The Labute approximate surface area is 151 Å². The van der Waals surface area contributed by atoms with Crippen LogP contribution in [0.5, 0.6) is 0 Å². The number of benzene rings is 1. The van der Waals surface area contributed by atoms with E-state index in [1.807, 2.05) is 13.8 Å². The van der Waals surface area contributed by atoms with Crippen LogP contribution in [0.25, 0.3) is 10.9 Å². The molecule has 0 aliphatic carbocycles. The largest absolute Gasteiger partial charge is 0.481 e. The van der Waals surface area contributed by atoms with Gasteiger partial charge in [-0.15, -0.1) is 0 Å². The molecule has 2 atom stereocenters. The zero-order valence-corrected chi connectivity index (χ0v) is 15.0. The first-order valence-electron chi connectivity index (χ1n) is 8.87. The second kappa shape index (κ2) is 7.45. The fourth-order valence-corrected chi connectivity index (χ4v) is 3.60. The number of carbonyl (C=O) groups excluding carboxylic acids is 1.